The minimum atomic E-state index is -0.930. The van der Waals surface area contributed by atoms with Crippen LogP contribution in [0.1, 0.15) is 5.56 Å². The van der Waals surface area contributed by atoms with Crippen molar-refractivity contribution in [3.8, 4) is 11.3 Å². The highest BCUT2D eigenvalue weighted by Gasteiger charge is 2.24. The van der Waals surface area contributed by atoms with Gasteiger partial charge in [-0.2, -0.15) is 0 Å². The van der Waals surface area contributed by atoms with Gasteiger partial charge < -0.3 is 0 Å². The number of pyridine rings is 1. The van der Waals surface area contributed by atoms with E-state index in [1.54, 1.807) is 0 Å². The van der Waals surface area contributed by atoms with Crippen molar-refractivity contribution in [1.29, 1.82) is 0 Å². The quantitative estimate of drug-likeness (QED) is 0.477. The number of benzene rings is 1. The van der Waals surface area contributed by atoms with Gasteiger partial charge in [0.2, 0.25) is 0 Å². The maximum atomic E-state index is 14.0. The van der Waals surface area contributed by atoms with Crippen LogP contribution in [-0.4, -0.2) is 9.91 Å². The van der Waals surface area contributed by atoms with Crippen molar-refractivity contribution >= 4 is 17.3 Å². The second-order valence-electron chi connectivity index (χ2n) is 3.81. The summed E-state index contributed by atoms with van der Waals surface area (Å²) in [6.07, 6.45) is 0. The fourth-order valence-corrected chi connectivity index (χ4v) is 1.78. The summed E-state index contributed by atoms with van der Waals surface area (Å²) in [7, 11) is 0. The van der Waals surface area contributed by atoms with E-state index in [1.807, 2.05) is 0 Å². The van der Waals surface area contributed by atoms with Crippen LogP contribution in [0.15, 0.2) is 24.3 Å². The topological polar surface area (TPSA) is 56.0 Å². The van der Waals surface area contributed by atoms with Gasteiger partial charge in [-0.1, -0.05) is 17.7 Å². The van der Waals surface area contributed by atoms with Crippen molar-refractivity contribution in [2.45, 2.75) is 6.92 Å². The van der Waals surface area contributed by atoms with Crippen LogP contribution in [0.3, 0.4) is 0 Å². The number of hydrogen-bond donors (Lipinski definition) is 0. The highest BCUT2D eigenvalue weighted by molar-refractivity contribution is 6.29. The number of hydrogen-bond acceptors (Lipinski definition) is 3. The lowest BCUT2D eigenvalue weighted by molar-refractivity contribution is -0.384. The summed E-state index contributed by atoms with van der Waals surface area (Å²) in [4.78, 5) is 13.8. The Morgan fingerprint density at radius 3 is 2.58 bits per heavy atom. The van der Waals surface area contributed by atoms with Gasteiger partial charge >= 0.3 is 0 Å². The van der Waals surface area contributed by atoms with E-state index in [0.717, 1.165) is 12.1 Å². The molecule has 19 heavy (non-hydrogen) atoms. The third-order valence-electron chi connectivity index (χ3n) is 2.56. The first-order valence-electron chi connectivity index (χ1n) is 5.17. The molecule has 1 aromatic carbocycles. The van der Waals surface area contributed by atoms with Gasteiger partial charge in [0.1, 0.15) is 16.8 Å². The Morgan fingerprint density at radius 1 is 1.26 bits per heavy atom. The summed E-state index contributed by atoms with van der Waals surface area (Å²) < 4.78 is 27.7. The Balaban J connectivity index is 2.82. The van der Waals surface area contributed by atoms with E-state index in [0.29, 0.717) is 0 Å². The molecule has 1 aromatic heterocycles. The molecule has 2 rings (SSSR count). The number of halogens is 3. The zero-order valence-corrected chi connectivity index (χ0v) is 10.4. The molecule has 0 amide bonds. The van der Waals surface area contributed by atoms with Crippen LogP contribution in [0.2, 0.25) is 5.15 Å². The Labute approximate surface area is 111 Å². The molecule has 98 valence electrons. The molecular formula is C12H7ClF2N2O2. The smallest absolute Gasteiger partial charge is 0.258 e. The van der Waals surface area contributed by atoms with Gasteiger partial charge in [0.15, 0.2) is 5.69 Å². The number of nitrogens with zero attached hydrogens (tertiary/aromatic N) is 2. The molecule has 1 heterocycles. The van der Waals surface area contributed by atoms with Crippen LogP contribution in [0, 0.1) is 28.7 Å². The molecular weight excluding hydrogens is 278 g/mol. The highest BCUT2D eigenvalue weighted by Crippen LogP contribution is 2.34. The monoisotopic (exact) mass is 284 g/mol. The van der Waals surface area contributed by atoms with E-state index in [-0.39, 0.29) is 10.7 Å². The van der Waals surface area contributed by atoms with Crippen LogP contribution in [0.25, 0.3) is 11.3 Å². The molecule has 0 radical (unpaired) electrons. The summed E-state index contributed by atoms with van der Waals surface area (Å²) in [6, 6.07) is 4.52. The molecule has 0 N–H and O–H groups in total. The molecule has 0 atom stereocenters. The minimum absolute atomic E-state index is 0.0825. The van der Waals surface area contributed by atoms with Crippen LogP contribution in [-0.2, 0) is 0 Å². The Morgan fingerprint density at radius 2 is 1.95 bits per heavy atom. The molecule has 0 aliphatic rings. The van der Waals surface area contributed by atoms with Gasteiger partial charge in [0.05, 0.1) is 10.5 Å². The fourth-order valence-electron chi connectivity index (χ4n) is 1.63. The predicted octanol–water partition coefficient (Wildman–Crippen LogP) is 3.90. The van der Waals surface area contributed by atoms with E-state index in [9.17, 15) is 18.9 Å². The van der Waals surface area contributed by atoms with Crippen molar-refractivity contribution in [1.82, 2.24) is 4.98 Å². The zero-order chi connectivity index (χ0) is 14.2. The lowest BCUT2D eigenvalue weighted by Gasteiger charge is -2.07. The largest absolute Gasteiger partial charge is 0.295 e. The summed E-state index contributed by atoms with van der Waals surface area (Å²) in [6.45, 7) is 1.43. The van der Waals surface area contributed by atoms with E-state index in [1.165, 1.54) is 19.1 Å². The summed E-state index contributed by atoms with van der Waals surface area (Å²) in [5.41, 5.74) is -1.31. The maximum absolute atomic E-state index is 14.0. The van der Waals surface area contributed by atoms with Crippen molar-refractivity contribution in [2.24, 2.45) is 0 Å². The van der Waals surface area contributed by atoms with E-state index in [2.05, 4.69) is 4.98 Å². The van der Waals surface area contributed by atoms with Crippen molar-refractivity contribution < 1.29 is 13.7 Å². The molecule has 0 saturated carbocycles. The first-order chi connectivity index (χ1) is 8.91. The van der Waals surface area contributed by atoms with Crippen LogP contribution < -0.4 is 0 Å². The number of aromatic nitrogens is 1. The molecule has 0 aliphatic carbocycles. The van der Waals surface area contributed by atoms with E-state index in [4.69, 9.17) is 11.6 Å². The standard InChI is InChI=1S/C12H7ClF2N2O2/c1-6-2-3-7(14)10(11(6)15)12-8(17(18)19)4-5-9(13)16-12/h2-5H,1H3. The number of aryl methyl sites for hydroxylation is 1. The zero-order valence-electron chi connectivity index (χ0n) is 9.65. The average molecular weight is 285 g/mol. The number of nitro groups is 1. The lowest BCUT2D eigenvalue weighted by Crippen LogP contribution is -2.00. The second kappa shape index (κ2) is 4.89. The average Bonchev–Trinajstić information content (AvgIpc) is 2.34. The molecule has 0 fully saturated rings. The molecule has 7 heteroatoms. The molecule has 4 nitrogen and oxygen atoms in total. The molecule has 2 aromatic rings. The van der Waals surface area contributed by atoms with Gasteiger partial charge in [-0.05, 0) is 24.6 Å². The normalized spacial score (nSPS) is 10.5. The molecule has 0 saturated heterocycles. The third kappa shape index (κ3) is 2.39. The second-order valence-corrected chi connectivity index (χ2v) is 4.20. The lowest BCUT2D eigenvalue weighted by atomic mass is 10.1. The van der Waals surface area contributed by atoms with Crippen LogP contribution >= 0.6 is 11.6 Å². The molecule has 0 unspecified atom stereocenters. The molecule has 0 spiro atoms. The summed E-state index contributed by atoms with van der Waals surface area (Å²) in [5.74, 6) is -1.82. The van der Waals surface area contributed by atoms with Gasteiger partial charge in [0.25, 0.3) is 5.69 Å². The first-order valence-corrected chi connectivity index (χ1v) is 5.55. The van der Waals surface area contributed by atoms with Gasteiger partial charge in [0, 0.05) is 6.07 Å². The Bertz CT molecular complexity index is 677. The molecule has 0 aliphatic heterocycles. The third-order valence-corrected chi connectivity index (χ3v) is 2.77. The number of rotatable bonds is 2. The van der Waals surface area contributed by atoms with Crippen LogP contribution in [0.4, 0.5) is 14.5 Å². The highest BCUT2D eigenvalue weighted by atomic mass is 35.5. The van der Waals surface area contributed by atoms with Gasteiger partial charge in [-0.3, -0.25) is 10.1 Å². The van der Waals surface area contributed by atoms with Crippen LogP contribution in [0.5, 0.6) is 0 Å². The molecule has 0 bridgehead atoms. The maximum Gasteiger partial charge on any atom is 0.295 e. The first kappa shape index (κ1) is 13.4. The van der Waals surface area contributed by atoms with Crippen molar-refractivity contribution in [2.75, 3.05) is 0 Å². The van der Waals surface area contributed by atoms with Gasteiger partial charge in [-0.25, -0.2) is 13.8 Å². The van der Waals surface area contributed by atoms with Crippen molar-refractivity contribution in [3.05, 3.63) is 56.7 Å². The summed E-state index contributed by atoms with van der Waals surface area (Å²) >= 11 is 5.64. The predicted molar refractivity (Wildman–Crippen MR) is 66.0 cm³/mol. The van der Waals surface area contributed by atoms with E-state index < -0.39 is 33.5 Å². The Hall–Kier alpha value is -2.08. The summed E-state index contributed by atoms with van der Waals surface area (Å²) in [5, 5.41) is 10.8. The fraction of sp³-hybridized carbons (Fsp3) is 0.0833. The van der Waals surface area contributed by atoms with Crippen molar-refractivity contribution in [3.63, 3.8) is 0 Å². The minimum Gasteiger partial charge on any atom is -0.258 e. The van der Waals surface area contributed by atoms with E-state index >= 15 is 0 Å². The van der Waals surface area contributed by atoms with Gasteiger partial charge in [-0.15, -0.1) is 0 Å². The Kier molecular flexibility index (Phi) is 3.44. The SMILES string of the molecule is Cc1ccc(F)c(-c2nc(Cl)ccc2[N+](=O)[O-])c1F.